The Morgan fingerprint density at radius 1 is 1.05 bits per heavy atom. The summed E-state index contributed by atoms with van der Waals surface area (Å²) in [7, 11) is 3.45. The highest BCUT2D eigenvalue weighted by Gasteiger charge is 2.36. The normalized spacial score (nSPS) is 17.1. The number of methoxy groups -OCH3 is 2. The highest BCUT2D eigenvalue weighted by Crippen LogP contribution is 2.44. The standard InChI is InChI=1S/C16H33N3O3/c1-4-17-15(18-9-11-22-13-12-21-3)19-14-16(6-5-7-16)8-10-20-2/h4-14H2,1-3H3,(H2,17,18,19). The van der Waals surface area contributed by atoms with Gasteiger partial charge in [-0.05, 0) is 31.6 Å². The van der Waals surface area contributed by atoms with Crippen LogP contribution in [0.1, 0.15) is 32.6 Å². The van der Waals surface area contributed by atoms with E-state index in [0.29, 0.717) is 25.2 Å². The molecule has 0 radical (unpaired) electrons. The molecular weight excluding hydrogens is 282 g/mol. The van der Waals surface area contributed by atoms with Crippen LogP contribution in [0.3, 0.4) is 0 Å². The van der Waals surface area contributed by atoms with Crippen LogP contribution < -0.4 is 10.6 Å². The number of hydrogen-bond acceptors (Lipinski definition) is 4. The molecule has 0 heterocycles. The molecule has 130 valence electrons. The quantitative estimate of drug-likeness (QED) is 0.324. The molecular formula is C16H33N3O3. The fourth-order valence-electron chi connectivity index (χ4n) is 2.56. The third kappa shape index (κ3) is 7.42. The minimum absolute atomic E-state index is 0.354. The maximum Gasteiger partial charge on any atom is 0.191 e. The first kappa shape index (κ1) is 19.2. The van der Waals surface area contributed by atoms with E-state index < -0.39 is 0 Å². The average Bonchev–Trinajstić information content (AvgIpc) is 2.49. The summed E-state index contributed by atoms with van der Waals surface area (Å²) in [6.07, 6.45) is 4.95. The van der Waals surface area contributed by atoms with E-state index in [4.69, 9.17) is 19.2 Å². The van der Waals surface area contributed by atoms with Gasteiger partial charge in [-0.3, -0.25) is 4.99 Å². The minimum atomic E-state index is 0.354. The van der Waals surface area contributed by atoms with Gasteiger partial charge < -0.3 is 24.8 Å². The van der Waals surface area contributed by atoms with Crippen molar-refractivity contribution in [3.05, 3.63) is 0 Å². The van der Waals surface area contributed by atoms with Crippen LogP contribution in [0.5, 0.6) is 0 Å². The summed E-state index contributed by atoms with van der Waals surface area (Å²) in [5.41, 5.74) is 0.354. The maximum atomic E-state index is 5.45. The Morgan fingerprint density at radius 2 is 1.82 bits per heavy atom. The molecule has 1 rings (SSSR count). The van der Waals surface area contributed by atoms with Gasteiger partial charge in [-0.15, -0.1) is 0 Å². The molecule has 0 aromatic heterocycles. The van der Waals surface area contributed by atoms with E-state index >= 15 is 0 Å². The van der Waals surface area contributed by atoms with Crippen LogP contribution in [0.4, 0.5) is 0 Å². The first-order valence-electron chi connectivity index (χ1n) is 8.34. The summed E-state index contributed by atoms with van der Waals surface area (Å²) in [6.45, 7) is 7.31. The highest BCUT2D eigenvalue weighted by molar-refractivity contribution is 5.79. The van der Waals surface area contributed by atoms with E-state index in [9.17, 15) is 0 Å². The molecule has 0 saturated heterocycles. The molecule has 0 atom stereocenters. The lowest BCUT2D eigenvalue weighted by Crippen LogP contribution is -2.41. The van der Waals surface area contributed by atoms with Crippen LogP contribution in [-0.4, -0.2) is 66.2 Å². The van der Waals surface area contributed by atoms with Gasteiger partial charge in [0.15, 0.2) is 5.96 Å². The number of ether oxygens (including phenoxy) is 3. The highest BCUT2D eigenvalue weighted by atomic mass is 16.5. The molecule has 0 aromatic rings. The second-order valence-corrected chi connectivity index (χ2v) is 5.82. The Morgan fingerprint density at radius 3 is 2.41 bits per heavy atom. The van der Waals surface area contributed by atoms with Crippen LogP contribution in [0, 0.1) is 5.41 Å². The minimum Gasteiger partial charge on any atom is -0.385 e. The van der Waals surface area contributed by atoms with Gasteiger partial charge in [-0.2, -0.15) is 0 Å². The van der Waals surface area contributed by atoms with Gasteiger partial charge in [0.1, 0.15) is 0 Å². The molecule has 1 fully saturated rings. The van der Waals surface area contributed by atoms with Crippen LogP contribution in [0.25, 0.3) is 0 Å². The lowest BCUT2D eigenvalue weighted by atomic mass is 9.67. The second-order valence-electron chi connectivity index (χ2n) is 5.82. The third-order valence-corrected chi connectivity index (χ3v) is 4.14. The van der Waals surface area contributed by atoms with Crippen molar-refractivity contribution in [1.29, 1.82) is 0 Å². The lowest BCUT2D eigenvalue weighted by molar-refractivity contribution is 0.0730. The number of hydrogen-bond donors (Lipinski definition) is 2. The molecule has 2 N–H and O–H groups in total. The first-order valence-corrected chi connectivity index (χ1v) is 8.34. The summed E-state index contributed by atoms with van der Waals surface area (Å²) < 4.78 is 15.6. The van der Waals surface area contributed by atoms with Crippen molar-refractivity contribution in [1.82, 2.24) is 10.6 Å². The lowest BCUT2D eigenvalue weighted by Gasteiger charge is -2.40. The summed E-state index contributed by atoms with van der Waals surface area (Å²) >= 11 is 0. The summed E-state index contributed by atoms with van der Waals surface area (Å²) in [6, 6.07) is 0. The van der Waals surface area contributed by atoms with E-state index in [-0.39, 0.29) is 0 Å². The number of rotatable bonds is 12. The largest absolute Gasteiger partial charge is 0.385 e. The molecule has 0 amide bonds. The monoisotopic (exact) mass is 315 g/mol. The Kier molecular flexibility index (Phi) is 10.2. The third-order valence-electron chi connectivity index (χ3n) is 4.14. The number of aliphatic imine (C=N–C) groups is 1. The topological polar surface area (TPSA) is 64.1 Å². The summed E-state index contributed by atoms with van der Waals surface area (Å²) in [5.74, 6) is 0.876. The molecule has 1 saturated carbocycles. The van der Waals surface area contributed by atoms with Gasteiger partial charge in [-0.1, -0.05) is 6.42 Å². The number of guanidine groups is 1. The zero-order valence-electron chi connectivity index (χ0n) is 14.5. The van der Waals surface area contributed by atoms with Crippen molar-refractivity contribution in [2.75, 3.05) is 60.3 Å². The molecule has 6 heteroatoms. The molecule has 0 bridgehead atoms. The van der Waals surface area contributed by atoms with Gasteiger partial charge >= 0.3 is 0 Å². The van der Waals surface area contributed by atoms with Crippen molar-refractivity contribution < 1.29 is 14.2 Å². The molecule has 0 unspecified atom stereocenters. The van der Waals surface area contributed by atoms with E-state index in [2.05, 4.69) is 17.6 Å². The molecule has 0 aromatic carbocycles. The van der Waals surface area contributed by atoms with E-state index in [1.807, 2.05) is 0 Å². The molecule has 0 aliphatic heterocycles. The Bertz CT molecular complexity index is 307. The van der Waals surface area contributed by atoms with Crippen molar-refractivity contribution >= 4 is 5.96 Å². The first-order chi connectivity index (χ1) is 10.8. The SMILES string of the molecule is CCNC(=NCC1(CCOC)CCC1)NCCOCCOC. The van der Waals surface area contributed by atoms with Crippen molar-refractivity contribution in [2.45, 2.75) is 32.6 Å². The van der Waals surface area contributed by atoms with E-state index in [0.717, 1.165) is 38.6 Å². The van der Waals surface area contributed by atoms with Crippen LogP contribution in [-0.2, 0) is 14.2 Å². The van der Waals surface area contributed by atoms with E-state index in [1.165, 1.54) is 19.3 Å². The fourth-order valence-corrected chi connectivity index (χ4v) is 2.56. The molecule has 6 nitrogen and oxygen atoms in total. The fraction of sp³-hybridized carbons (Fsp3) is 0.938. The smallest absolute Gasteiger partial charge is 0.191 e. The van der Waals surface area contributed by atoms with Crippen molar-refractivity contribution in [3.63, 3.8) is 0 Å². The predicted octanol–water partition coefficient (Wildman–Crippen LogP) is 1.41. The van der Waals surface area contributed by atoms with Crippen molar-refractivity contribution in [3.8, 4) is 0 Å². The maximum absolute atomic E-state index is 5.45. The molecule has 1 aliphatic carbocycles. The summed E-state index contributed by atoms with van der Waals surface area (Å²) in [4.78, 5) is 4.75. The van der Waals surface area contributed by atoms with Crippen LogP contribution in [0.2, 0.25) is 0 Å². The molecule has 22 heavy (non-hydrogen) atoms. The van der Waals surface area contributed by atoms with E-state index in [1.54, 1.807) is 14.2 Å². The van der Waals surface area contributed by atoms with Gasteiger partial charge in [0.05, 0.1) is 19.8 Å². The average molecular weight is 315 g/mol. The van der Waals surface area contributed by atoms with Crippen LogP contribution >= 0.6 is 0 Å². The number of nitrogens with one attached hydrogen (secondary N) is 2. The van der Waals surface area contributed by atoms with Gasteiger partial charge in [0.2, 0.25) is 0 Å². The Hall–Kier alpha value is -0.850. The summed E-state index contributed by atoms with van der Waals surface area (Å²) in [5, 5.41) is 6.61. The molecule has 0 spiro atoms. The predicted molar refractivity (Wildman–Crippen MR) is 89.5 cm³/mol. The van der Waals surface area contributed by atoms with Crippen LogP contribution in [0.15, 0.2) is 4.99 Å². The molecule has 1 aliphatic rings. The Balaban J connectivity index is 2.31. The van der Waals surface area contributed by atoms with Gasteiger partial charge in [0, 0.05) is 40.5 Å². The van der Waals surface area contributed by atoms with Crippen molar-refractivity contribution in [2.24, 2.45) is 10.4 Å². The Labute approximate surface area is 135 Å². The zero-order valence-corrected chi connectivity index (χ0v) is 14.5. The van der Waals surface area contributed by atoms with Gasteiger partial charge in [-0.25, -0.2) is 0 Å². The zero-order chi connectivity index (χ0) is 16.1. The second kappa shape index (κ2) is 11.7. The number of nitrogens with zero attached hydrogens (tertiary/aromatic N) is 1. The van der Waals surface area contributed by atoms with Gasteiger partial charge in [0.25, 0.3) is 0 Å².